The molecule has 23 heavy (non-hydrogen) atoms. The third-order valence-corrected chi connectivity index (χ3v) is 6.11. The number of methoxy groups -OCH3 is 2. The summed E-state index contributed by atoms with van der Waals surface area (Å²) in [5.74, 6) is 0.638. The van der Waals surface area contributed by atoms with Crippen molar-refractivity contribution in [2.24, 2.45) is 0 Å². The summed E-state index contributed by atoms with van der Waals surface area (Å²) in [5, 5.41) is 12.7. The maximum Gasteiger partial charge on any atom is 0.248 e. The molecule has 0 saturated carbocycles. The Morgan fingerprint density at radius 2 is 2.13 bits per heavy atom. The second-order valence-corrected chi connectivity index (χ2v) is 7.09. The van der Waals surface area contributed by atoms with Gasteiger partial charge in [0.15, 0.2) is 0 Å². The molecule has 1 N–H and O–H groups in total. The first-order chi connectivity index (χ1) is 10.9. The summed E-state index contributed by atoms with van der Waals surface area (Å²) in [6, 6.07) is 6.78. The van der Waals surface area contributed by atoms with Crippen LogP contribution in [-0.2, 0) is 10.0 Å². The minimum absolute atomic E-state index is 0.00252. The number of nitriles is 1. The fourth-order valence-electron chi connectivity index (χ4n) is 2.85. The Morgan fingerprint density at radius 3 is 2.61 bits per heavy atom. The third-order valence-electron chi connectivity index (χ3n) is 4.04. The van der Waals surface area contributed by atoms with Crippen LogP contribution in [0.2, 0.25) is 0 Å². The normalized spacial score (nSPS) is 21.2. The molecule has 1 atom stereocenters. The molecular formula is C15H21N3O4S. The molecule has 0 unspecified atom stereocenters. The number of sulfonamides is 1. The summed E-state index contributed by atoms with van der Waals surface area (Å²) >= 11 is 0. The Kier molecular flexibility index (Phi) is 5.14. The van der Waals surface area contributed by atoms with Gasteiger partial charge in [0.25, 0.3) is 0 Å². The molecule has 0 aliphatic carbocycles. The molecule has 126 valence electrons. The molecule has 1 aromatic carbocycles. The van der Waals surface area contributed by atoms with E-state index in [1.54, 1.807) is 19.1 Å². The molecule has 1 fully saturated rings. The fraction of sp³-hybridized carbons (Fsp3) is 0.533. The van der Waals surface area contributed by atoms with Crippen molar-refractivity contribution in [1.82, 2.24) is 9.62 Å². The zero-order valence-electron chi connectivity index (χ0n) is 13.5. The van der Waals surface area contributed by atoms with Crippen molar-refractivity contribution in [2.45, 2.75) is 23.8 Å². The van der Waals surface area contributed by atoms with E-state index >= 15 is 0 Å². The summed E-state index contributed by atoms with van der Waals surface area (Å²) in [6.07, 6.45) is 0.447. The number of nitrogens with zero attached hydrogens (tertiary/aromatic N) is 2. The van der Waals surface area contributed by atoms with E-state index < -0.39 is 15.6 Å². The summed E-state index contributed by atoms with van der Waals surface area (Å²) < 4.78 is 37.9. The van der Waals surface area contributed by atoms with Crippen LogP contribution in [0.4, 0.5) is 0 Å². The Balaban J connectivity index is 2.58. The number of hydrogen-bond acceptors (Lipinski definition) is 6. The lowest BCUT2D eigenvalue weighted by atomic mass is 10.0. The van der Waals surface area contributed by atoms with Gasteiger partial charge in [-0.05, 0) is 25.1 Å². The van der Waals surface area contributed by atoms with Crippen LogP contribution in [0.25, 0.3) is 0 Å². The van der Waals surface area contributed by atoms with Crippen molar-refractivity contribution < 1.29 is 17.9 Å². The number of rotatable bonds is 6. The van der Waals surface area contributed by atoms with E-state index in [1.807, 2.05) is 0 Å². The molecule has 1 aliphatic heterocycles. The van der Waals surface area contributed by atoms with Crippen LogP contribution < -0.4 is 14.8 Å². The zero-order chi connectivity index (χ0) is 17.1. The van der Waals surface area contributed by atoms with E-state index in [1.165, 1.54) is 24.6 Å². The largest absolute Gasteiger partial charge is 0.497 e. The first-order valence-electron chi connectivity index (χ1n) is 7.32. The molecule has 0 amide bonds. The standard InChI is InChI=1S/C15H21N3O4S/c1-4-18(15(10-16)7-8-17-11-15)23(19,20)14-9-12(21-2)5-6-13(14)22-3/h5-6,9,17H,4,7-8,11H2,1-3H3/t15-/m0/s1. The van der Waals surface area contributed by atoms with Crippen LogP contribution in [0.1, 0.15) is 13.3 Å². The van der Waals surface area contributed by atoms with Gasteiger partial charge in [0.2, 0.25) is 10.0 Å². The molecule has 1 aliphatic rings. The Bertz CT molecular complexity index is 706. The van der Waals surface area contributed by atoms with Gasteiger partial charge in [-0.2, -0.15) is 9.57 Å². The highest BCUT2D eigenvalue weighted by molar-refractivity contribution is 7.89. The highest BCUT2D eigenvalue weighted by Crippen LogP contribution is 2.35. The average Bonchev–Trinajstić information content (AvgIpc) is 3.04. The minimum atomic E-state index is -3.91. The lowest BCUT2D eigenvalue weighted by Gasteiger charge is -2.33. The van der Waals surface area contributed by atoms with Gasteiger partial charge in [0.05, 0.1) is 20.3 Å². The topological polar surface area (TPSA) is 91.7 Å². The zero-order valence-corrected chi connectivity index (χ0v) is 14.3. The van der Waals surface area contributed by atoms with Gasteiger partial charge < -0.3 is 14.8 Å². The molecular weight excluding hydrogens is 318 g/mol. The highest BCUT2D eigenvalue weighted by atomic mass is 32.2. The van der Waals surface area contributed by atoms with Crippen LogP contribution in [0.3, 0.4) is 0 Å². The maximum absolute atomic E-state index is 13.2. The van der Waals surface area contributed by atoms with E-state index in [9.17, 15) is 13.7 Å². The van der Waals surface area contributed by atoms with Crippen molar-refractivity contribution in [3.05, 3.63) is 18.2 Å². The van der Waals surface area contributed by atoms with Crippen LogP contribution in [0.15, 0.2) is 23.1 Å². The lowest BCUT2D eigenvalue weighted by Crippen LogP contribution is -2.52. The maximum atomic E-state index is 13.2. The second-order valence-electron chi connectivity index (χ2n) is 5.26. The van der Waals surface area contributed by atoms with Gasteiger partial charge in [-0.25, -0.2) is 8.42 Å². The fourth-order valence-corrected chi connectivity index (χ4v) is 4.75. The Labute approximate surface area is 136 Å². The van der Waals surface area contributed by atoms with Crippen LogP contribution in [-0.4, -0.2) is 52.1 Å². The molecule has 1 heterocycles. The summed E-state index contributed by atoms with van der Waals surface area (Å²) in [4.78, 5) is 0.00252. The molecule has 2 rings (SSSR count). The first kappa shape index (κ1) is 17.5. The number of likely N-dealkylation sites (N-methyl/N-ethyl adjacent to an activating group) is 1. The van der Waals surface area contributed by atoms with Crippen molar-refractivity contribution in [3.8, 4) is 17.6 Å². The number of hydrogen-bond donors (Lipinski definition) is 1. The molecule has 8 heteroatoms. The van der Waals surface area contributed by atoms with Crippen molar-refractivity contribution >= 4 is 10.0 Å². The van der Waals surface area contributed by atoms with Crippen molar-refractivity contribution in [3.63, 3.8) is 0 Å². The quantitative estimate of drug-likeness (QED) is 0.830. The van der Waals surface area contributed by atoms with E-state index in [0.717, 1.165) is 0 Å². The average molecular weight is 339 g/mol. The second kappa shape index (κ2) is 6.74. The number of ether oxygens (including phenoxy) is 2. The predicted molar refractivity (Wildman–Crippen MR) is 84.9 cm³/mol. The molecule has 7 nitrogen and oxygen atoms in total. The van der Waals surface area contributed by atoms with Crippen LogP contribution in [0, 0.1) is 11.3 Å². The van der Waals surface area contributed by atoms with Crippen molar-refractivity contribution in [2.75, 3.05) is 33.9 Å². The molecule has 0 radical (unpaired) electrons. The van der Waals surface area contributed by atoms with E-state index in [2.05, 4.69) is 11.4 Å². The smallest absolute Gasteiger partial charge is 0.248 e. The van der Waals surface area contributed by atoms with Gasteiger partial charge >= 0.3 is 0 Å². The Morgan fingerprint density at radius 1 is 1.39 bits per heavy atom. The van der Waals surface area contributed by atoms with Gasteiger partial charge in [0.1, 0.15) is 21.9 Å². The lowest BCUT2D eigenvalue weighted by molar-refractivity contribution is 0.276. The SMILES string of the molecule is CCN([C@]1(C#N)CCNC1)S(=O)(=O)c1cc(OC)ccc1OC. The number of benzene rings is 1. The Hall–Kier alpha value is -1.82. The summed E-state index contributed by atoms with van der Waals surface area (Å²) in [6.45, 7) is 2.83. The van der Waals surface area contributed by atoms with Gasteiger partial charge in [-0.3, -0.25) is 0 Å². The van der Waals surface area contributed by atoms with Crippen LogP contribution in [0.5, 0.6) is 11.5 Å². The highest BCUT2D eigenvalue weighted by Gasteiger charge is 2.46. The molecule has 0 aromatic heterocycles. The monoisotopic (exact) mass is 339 g/mol. The molecule has 1 saturated heterocycles. The third kappa shape index (κ3) is 3.00. The number of nitrogens with one attached hydrogen (secondary N) is 1. The van der Waals surface area contributed by atoms with Crippen molar-refractivity contribution in [1.29, 1.82) is 5.26 Å². The molecule has 0 bridgehead atoms. The molecule has 1 aromatic rings. The summed E-state index contributed by atoms with van der Waals surface area (Å²) in [7, 11) is -1.04. The summed E-state index contributed by atoms with van der Waals surface area (Å²) in [5.41, 5.74) is -1.08. The predicted octanol–water partition coefficient (Wildman–Crippen LogP) is 0.970. The van der Waals surface area contributed by atoms with E-state index in [0.29, 0.717) is 25.3 Å². The van der Waals surface area contributed by atoms with E-state index in [-0.39, 0.29) is 17.2 Å². The van der Waals surface area contributed by atoms with Crippen LogP contribution >= 0.6 is 0 Å². The van der Waals surface area contributed by atoms with Gasteiger partial charge in [-0.1, -0.05) is 6.92 Å². The van der Waals surface area contributed by atoms with Gasteiger partial charge in [0, 0.05) is 19.2 Å². The van der Waals surface area contributed by atoms with E-state index in [4.69, 9.17) is 9.47 Å². The van der Waals surface area contributed by atoms with Gasteiger partial charge in [-0.15, -0.1) is 0 Å². The minimum Gasteiger partial charge on any atom is -0.497 e. The molecule has 0 spiro atoms. The first-order valence-corrected chi connectivity index (χ1v) is 8.76.